The van der Waals surface area contributed by atoms with Crippen LogP contribution in [0.25, 0.3) is 0 Å². The normalized spacial score (nSPS) is 15.0. The fourth-order valence-corrected chi connectivity index (χ4v) is 3.90. The number of carbonyl (C=O) groups is 2. The summed E-state index contributed by atoms with van der Waals surface area (Å²) < 4.78 is 5.41. The molecular weight excluding hydrogens is 356 g/mol. The molecule has 7 heteroatoms. The Balaban J connectivity index is 1.56. The minimum Gasteiger partial charge on any atom is -0.480 e. The SMILES string of the molecule is COc1nc2c(cc1C(=O)N1CCc3ncc(CNC(C)=O)cc3C1)CCC2. The largest absolute Gasteiger partial charge is 0.480 e. The van der Waals surface area contributed by atoms with Crippen LogP contribution in [0, 0.1) is 0 Å². The van der Waals surface area contributed by atoms with E-state index >= 15 is 0 Å². The molecule has 0 atom stereocenters. The van der Waals surface area contributed by atoms with Crippen molar-refractivity contribution in [2.75, 3.05) is 13.7 Å². The molecule has 7 nitrogen and oxygen atoms in total. The van der Waals surface area contributed by atoms with E-state index in [4.69, 9.17) is 4.74 Å². The molecule has 0 unspecified atom stereocenters. The summed E-state index contributed by atoms with van der Waals surface area (Å²) in [7, 11) is 1.56. The summed E-state index contributed by atoms with van der Waals surface area (Å²) >= 11 is 0. The average molecular weight is 380 g/mol. The van der Waals surface area contributed by atoms with Crippen molar-refractivity contribution < 1.29 is 14.3 Å². The van der Waals surface area contributed by atoms with Crippen molar-refractivity contribution in [2.45, 2.75) is 45.7 Å². The molecule has 0 bridgehead atoms. The van der Waals surface area contributed by atoms with Gasteiger partial charge < -0.3 is 15.0 Å². The van der Waals surface area contributed by atoms with Gasteiger partial charge in [0.25, 0.3) is 5.91 Å². The zero-order valence-corrected chi connectivity index (χ0v) is 16.2. The van der Waals surface area contributed by atoms with Gasteiger partial charge in [-0.15, -0.1) is 0 Å². The molecule has 0 radical (unpaired) electrons. The molecule has 0 fully saturated rings. The maximum absolute atomic E-state index is 13.2. The number of aryl methyl sites for hydroxylation is 2. The van der Waals surface area contributed by atoms with Gasteiger partial charge in [0.05, 0.1) is 7.11 Å². The van der Waals surface area contributed by atoms with Crippen LogP contribution in [0.4, 0.5) is 0 Å². The lowest BCUT2D eigenvalue weighted by Gasteiger charge is -2.29. The van der Waals surface area contributed by atoms with Crippen LogP contribution in [0.1, 0.15) is 51.8 Å². The number of ether oxygens (including phenoxy) is 1. The number of nitrogens with one attached hydrogen (secondary N) is 1. The van der Waals surface area contributed by atoms with Crippen molar-refractivity contribution in [3.8, 4) is 5.88 Å². The fraction of sp³-hybridized carbons (Fsp3) is 0.429. The van der Waals surface area contributed by atoms with Crippen LogP contribution in [0.2, 0.25) is 0 Å². The summed E-state index contributed by atoms with van der Waals surface area (Å²) in [6.07, 6.45) is 5.48. The highest BCUT2D eigenvalue weighted by molar-refractivity contribution is 5.96. The lowest BCUT2D eigenvalue weighted by molar-refractivity contribution is -0.119. The highest BCUT2D eigenvalue weighted by Gasteiger charge is 2.27. The zero-order valence-electron chi connectivity index (χ0n) is 16.2. The van der Waals surface area contributed by atoms with Crippen LogP contribution in [0.15, 0.2) is 18.3 Å². The third-order valence-corrected chi connectivity index (χ3v) is 5.36. The minimum absolute atomic E-state index is 0.0584. The molecule has 2 aromatic rings. The van der Waals surface area contributed by atoms with Gasteiger partial charge in [-0.2, -0.15) is 0 Å². The molecular formula is C21H24N4O3. The zero-order chi connectivity index (χ0) is 19.7. The van der Waals surface area contributed by atoms with Crippen molar-refractivity contribution in [3.05, 3.63) is 52.0 Å². The molecule has 1 aliphatic heterocycles. The van der Waals surface area contributed by atoms with Gasteiger partial charge in [-0.05, 0) is 48.1 Å². The first-order valence-corrected chi connectivity index (χ1v) is 9.62. The molecule has 0 saturated carbocycles. The summed E-state index contributed by atoms with van der Waals surface area (Å²) in [4.78, 5) is 35.3. The van der Waals surface area contributed by atoms with E-state index in [9.17, 15) is 9.59 Å². The fourth-order valence-electron chi connectivity index (χ4n) is 3.90. The van der Waals surface area contributed by atoms with E-state index in [1.54, 1.807) is 13.3 Å². The summed E-state index contributed by atoms with van der Waals surface area (Å²) in [6.45, 7) is 3.04. The van der Waals surface area contributed by atoms with Crippen LogP contribution < -0.4 is 10.1 Å². The number of hydrogen-bond donors (Lipinski definition) is 1. The number of aromatic nitrogens is 2. The smallest absolute Gasteiger partial charge is 0.259 e. The van der Waals surface area contributed by atoms with Crippen molar-refractivity contribution in [1.29, 1.82) is 0 Å². The Kier molecular flexibility index (Phi) is 4.98. The van der Waals surface area contributed by atoms with E-state index in [0.717, 1.165) is 47.3 Å². The summed E-state index contributed by atoms with van der Waals surface area (Å²) in [5, 5.41) is 2.78. The van der Waals surface area contributed by atoms with E-state index in [-0.39, 0.29) is 11.8 Å². The number of hydrogen-bond acceptors (Lipinski definition) is 5. The highest BCUT2D eigenvalue weighted by atomic mass is 16.5. The van der Waals surface area contributed by atoms with Crippen LogP contribution in [-0.2, 0) is 37.1 Å². The first-order chi connectivity index (χ1) is 13.5. The van der Waals surface area contributed by atoms with Gasteiger partial charge in [-0.25, -0.2) is 4.98 Å². The van der Waals surface area contributed by atoms with Gasteiger partial charge in [-0.3, -0.25) is 14.6 Å². The van der Waals surface area contributed by atoms with E-state index < -0.39 is 0 Å². The van der Waals surface area contributed by atoms with Crippen molar-refractivity contribution in [3.63, 3.8) is 0 Å². The number of fused-ring (bicyclic) bond motifs is 2. The van der Waals surface area contributed by atoms with E-state index in [1.165, 1.54) is 6.92 Å². The molecule has 0 spiro atoms. The van der Waals surface area contributed by atoms with E-state index in [2.05, 4.69) is 15.3 Å². The van der Waals surface area contributed by atoms with Gasteiger partial charge in [0.1, 0.15) is 5.56 Å². The van der Waals surface area contributed by atoms with Gasteiger partial charge in [0.15, 0.2) is 0 Å². The predicted molar refractivity (Wildman–Crippen MR) is 103 cm³/mol. The summed E-state index contributed by atoms with van der Waals surface area (Å²) in [5.74, 6) is 0.275. The second-order valence-corrected chi connectivity index (χ2v) is 7.34. The summed E-state index contributed by atoms with van der Waals surface area (Å²) in [5.41, 5.74) is 5.70. The third-order valence-electron chi connectivity index (χ3n) is 5.36. The van der Waals surface area contributed by atoms with Crippen molar-refractivity contribution >= 4 is 11.8 Å². The third kappa shape index (κ3) is 3.56. The van der Waals surface area contributed by atoms with E-state index in [0.29, 0.717) is 37.5 Å². The predicted octanol–water partition coefficient (Wildman–Crippen LogP) is 1.81. The van der Waals surface area contributed by atoms with Crippen LogP contribution in [-0.4, -0.2) is 40.3 Å². The maximum atomic E-state index is 13.2. The molecule has 1 aliphatic carbocycles. The molecule has 2 aliphatic rings. The first-order valence-electron chi connectivity index (χ1n) is 9.62. The number of methoxy groups -OCH3 is 1. The second kappa shape index (κ2) is 7.58. The topological polar surface area (TPSA) is 84.4 Å². The number of carbonyl (C=O) groups excluding carboxylic acids is 2. The quantitative estimate of drug-likeness (QED) is 0.875. The van der Waals surface area contributed by atoms with Gasteiger partial charge in [0.2, 0.25) is 11.8 Å². The van der Waals surface area contributed by atoms with Crippen LogP contribution in [0.3, 0.4) is 0 Å². The van der Waals surface area contributed by atoms with Gasteiger partial charge >= 0.3 is 0 Å². The lowest BCUT2D eigenvalue weighted by Crippen LogP contribution is -2.37. The monoisotopic (exact) mass is 380 g/mol. The van der Waals surface area contributed by atoms with Crippen molar-refractivity contribution in [1.82, 2.24) is 20.2 Å². The molecule has 1 N–H and O–H groups in total. The lowest BCUT2D eigenvalue weighted by atomic mass is 10.0. The molecule has 0 saturated heterocycles. The maximum Gasteiger partial charge on any atom is 0.259 e. The molecule has 2 aromatic heterocycles. The Labute approximate surface area is 164 Å². The van der Waals surface area contributed by atoms with Crippen LogP contribution >= 0.6 is 0 Å². The Morgan fingerprint density at radius 2 is 2.04 bits per heavy atom. The standard InChI is InChI=1S/C21H24N4O3/c1-13(26)22-10-14-8-16-12-25(7-6-18(16)23-11-14)21(27)17-9-15-4-3-5-19(15)24-20(17)28-2/h8-9,11H,3-7,10,12H2,1-2H3,(H,22,26). The van der Waals surface area contributed by atoms with Crippen LogP contribution in [0.5, 0.6) is 5.88 Å². The highest BCUT2D eigenvalue weighted by Crippen LogP contribution is 2.29. The molecule has 3 heterocycles. The Morgan fingerprint density at radius 1 is 1.18 bits per heavy atom. The molecule has 146 valence electrons. The molecule has 4 rings (SSSR count). The average Bonchev–Trinajstić information content (AvgIpc) is 3.17. The minimum atomic E-state index is -0.0780. The molecule has 28 heavy (non-hydrogen) atoms. The van der Waals surface area contributed by atoms with Crippen molar-refractivity contribution in [2.24, 2.45) is 0 Å². The molecule has 0 aromatic carbocycles. The Hall–Kier alpha value is -2.96. The van der Waals surface area contributed by atoms with Gasteiger partial charge in [-0.1, -0.05) is 0 Å². The Bertz CT molecular complexity index is 941. The number of pyridine rings is 2. The number of rotatable bonds is 4. The Morgan fingerprint density at radius 3 is 2.82 bits per heavy atom. The van der Waals surface area contributed by atoms with Gasteiger partial charge in [0, 0.05) is 50.6 Å². The van der Waals surface area contributed by atoms with E-state index in [1.807, 2.05) is 17.0 Å². The molecule has 2 amide bonds. The first kappa shape index (κ1) is 18.4. The summed E-state index contributed by atoms with van der Waals surface area (Å²) in [6, 6.07) is 3.98. The second-order valence-electron chi connectivity index (χ2n) is 7.34. The number of amides is 2. The number of nitrogens with zero attached hydrogens (tertiary/aromatic N) is 3.